The topological polar surface area (TPSA) is 32.3 Å². The van der Waals surface area contributed by atoms with Crippen molar-refractivity contribution in [1.82, 2.24) is 4.90 Å². The van der Waals surface area contributed by atoms with Crippen molar-refractivity contribution in [2.75, 3.05) is 18.4 Å². The summed E-state index contributed by atoms with van der Waals surface area (Å²) in [7, 11) is 0. The third-order valence-electron chi connectivity index (χ3n) is 4.85. The van der Waals surface area contributed by atoms with E-state index in [9.17, 15) is 4.79 Å². The lowest BCUT2D eigenvalue weighted by Crippen LogP contribution is -2.37. The molecule has 0 unspecified atom stereocenters. The third-order valence-corrected chi connectivity index (χ3v) is 4.85. The number of carbonyl (C=O) groups is 1. The molecule has 2 aromatic carbocycles. The highest BCUT2D eigenvalue weighted by Gasteiger charge is 2.25. The summed E-state index contributed by atoms with van der Waals surface area (Å²) in [5.41, 5.74) is 4.71. The molecule has 24 heavy (non-hydrogen) atoms. The van der Waals surface area contributed by atoms with Crippen LogP contribution < -0.4 is 5.32 Å². The van der Waals surface area contributed by atoms with Gasteiger partial charge in [0, 0.05) is 18.2 Å². The van der Waals surface area contributed by atoms with Crippen molar-refractivity contribution >= 4 is 11.6 Å². The van der Waals surface area contributed by atoms with E-state index in [-0.39, 0.29) is 11.8 Å². The van der Waals surface area contributed by atoms with Crippen molar-refractivity contribution in [3.8, 4) is 0 Å². The summed E-state index contributed by atoms with van der Waals surface area (Å²) >= 11 is 0. The Balaban J connectivity index is 1.51. The number of piperidine rings is 1. The Labute approximate surface area is 144 Å². The van der Waals surface area contributed by atoms with Crippen LogP contribution in [-0.4, -0.2) is 23.9 Å². The Bertz CT molecular complexity index is 702. The van der Waals surface area contributed by atoms with Gasteiger partial charge in [0.25, 0.3) is 0 Å². The van der Waals surface area contributed by atoms with Gasteiger partial charge in [-0.25, -0.2) is 0 Å². The molecule has 1 amide bonds. The number of hydrogen-bond donors (Lipinski definition) is 1. The summed E-state index contributed by atoms with van der Waals surface area (Å²) in [5.74, 6) is 0.290. The fourth-order valence-electron chi connectivity index (χ4n) is 3.37. The van der Waals surface area contributed by atoms with Gasteiger partial charge in [0.2, 0.25) is 5.91 Å². The molecule has 1 fully saturated rings. The van der Waals surface area contributed by atoms with Crippen LogP contribution >= 0.6 is 0 Å². The number of rotatable bonds is 4. The number of amides is 1. The molecule has 1 aliphatic rings. The Morgan fingerprint density at radius 2 is 1.83 bits per heavy atom. The predicted octanol–water partition coefficient (Wildman–Crippen LogP) is 4.15. The lowest BCUT2D eigenvalue weighted by Gasteiger charge is -2.31. The fraction of sp³-hybridized carbons (Fsp3) is 0.381. The smallest absolute Gasteiger partial charge is 0.227 e. The highest BCUT2D eigenvalue weighted by Crippen LogP contribution is 2.22. The van der Waals surface area contributed by atoms with E-state index in [1.54, 1.807) is 0 Å². The van der Waals surface area contributed by atoms with Crippen LogP contribution in [0.15, 0.2) is 48.5 Å². The number of hydrogen-bond acceptors (Lipinski definition) is 2. The molecule has 2 aromatic rings. The molecule has 1 saturated heterocycles. The van der Waals surface area contributed by atoms with Crippen molar-refractivity contribution < 1.29 is 4.79 Å². The first-order valence-electron chi connectivity index (χ1n) is 8.76. The van der Waals surface area contributed by atoms with Crippen molar-refractivity contribution in [2.45, 2.75) is 33.2 Å². The lowest BCUT2D eigenvalue weighted by atomic mass is 9.95. The molecule has 3 nitrogen and oxygen atoms in total. The molecule has 0 radical (unpaired) electrons. The number of nitrogens with zero attached hydrogens (tertiary/aromatic N) is 1. The first-order valence-corrected chi connectivity index (χ1v) is 8.76. The second kappa shape index (κ2) is 7.63. The summed E-state index contributed by atoms with van der Waals surface area (Å²) in [5, 5.41) is 3.09. The molecule has 1 heterocycles. The Hall–Kier alpha value is -2.13. The molecule has 0 atom stereocenters. The van der Waals surface area contributed by atoms with Crippen LogP contribution in [0.3, 0.4) is 0 Å². The largest absolute Gasteiger partial charge is 0.326 e. The maximum Gasteiger partial charge on any atom is 0.227 e. The van der Waals surface area contributed by atoms with Gasteiger partial charge in [0.05, 0.1) is 0 Å². The molecule has 0 saturated carbocycles. The van der Waals surface area contributed by atoms with E-state index in [1.165, 1.54) is 11.1 Å². The SMILES string of the molecule is Cc1cccc(CN2CCC(C(=O)Nc3ccccc3C)CC2)c1. The average Bonchev–Trinajstić information content (AvgIpc) is 2.57. The molecular weight excluding hydrogens is 296 g/mol. The van der Waals surface area contributed by atoms with E-state index >= 15 is 0 Å². The van der Waals surface area contributed by atoms with E-state index in [4.69, 9.17) is 0 Å². The Kier molecular flexibility index (Phi) is 5.31. The van der Waals surface area contributed by atoms with Crippen LogP contribution in [0, 0.1) is 19.8 Å². The zero-order valence-electron chi connectivity index (χ0n) is 14.6. The number of aryl methyl sites for hydroxylation is 2. The van der Waals surface area contributed by atoms with E-state index < -0.39 is 0 Å². The maximum atomic E-state index is 12.5. The van der Waals surface area contributed by atoms with E-state index in [2.05, 4.69) is 41.4 Å². The number of carbonyl (C=O) groups excluding carboxylic acids is 1. The lowest BCUT2D eigenvalue weighted by molar-refractivity contribution is -0.121. The van der Waals surface area contributed by atoms with Gasteiger partial charge in [-0.2, -0.15) is 0 Å². The summed E-state index contributed by atoms with van der Waals surface area (Å²) < 4.78 is 0. The summed E-state index contributed by atoms with van der Waals surface area (Å²) in [6.07, 6.45) is 1.87. The minimum Gasteiger partial charge on any atom is -0.326 e. The van der Waals surface area contributed by atoms with E-state index in [0.29, 0.717) is 0 Å². The van der Waals surface area contributed by atoms with Crippen molar-refractivity contribution in [2.24, 2.45) is 5.92 Å². The second-order valence-electron chi connectivity index (χ2n) is 6.84. The average molecular weight is 322 g/mol. The Morgan fingerprint density at radius 3 is 2.54 bits per heavy atom. The van der Waals surface area contributed by atoms with Crippen molar-refractivity contribution in [3.63, 3.8) is 0 Å². The van der Waals surface area contributed by atoms with Crippen molar-refractivity contribution in [3.05, 3.63) is 65.2 Å². The highest BCUT2D eigenvalue weighted by atomic mass is 16.1. The summed E-state index contributed by atoms with van der Waals surface area (Å²) in [6, 6.07) is 16.6. The molecule has 3 rings (SSSR count). The number of likely N-dealkylation sites (tertiary alicyclic amines) is 1. The van der Waals surface area contributed by atoms with Gasteiger partial charge in [0.15, 0.2) is 0 Å². The minimum atomic E-state index is 0.123. The molecule has 1 N–H and O–H groups in total. The second-order valence-corrected chi connectivity index (χ2v) is 6.84. The van der Waals surface area contributed by atoms with Crippen molar-refractivity contribution in [1.29, 1.82) is 0 Å². The van der Waals surface area contributed by atoms with Crippen LogP contribution in [0.1, 0.15) is 29.5 Å². The molecule has 0 bridgehead atoms. The van der Waals surface area contributed by atoms with Crippen LogP contribution in [0.5, 0.6) is 0 Å². The van der Waals surface area contributed by atoms with Crippen LogP contribution in [-0.2, 0) is 11.3 Å². The zero-order valence-corrected chi connectivity index (χ0v) is 14.6. The van der Waals surface area contributed by atoms with E-state index in [1.807, 2.05) is 31.2 Å². The standard InChI is InChI=1S/C21H26N2O/c1-16-6-5-8-18(14-16)15-23-12-10-19(11-13-23)21(24)22-20-9-4-3-7-17(20)2/h3-9,14,19H,10-13,15H2,1-2H3,(H,22,24). The van der Waals surface area contributed by atoms with Gasteiger partial charge in [0.1, 0.15) is 0 Å². The monoisotopic (exact) mass is 322 g/mol. The van der Waals surface area contributed by atoms with Gasteiger partial charge in [-0.15, -0.1) is 0 Å². The van der Waals surface area contributed by atoms with Gasteiger partial charge in [-0.1, -0.05) is 48.0 Å². The number of para-hydroxylation sites is 1. The molecule has 0 spiro atoms. The van der Waals surface area contributed by atoms with Crippen LogP contribution in [0.4, 0.5) is 5.69 Å². The fourth-order valence-corrected chi connectivity index (χ4v) is 3.37. The summed E-state index contributed by atoms with van der Waals surface area (Å²) in [4.78, 5) is 15.0. The molecule has 0 aromatic heterocycles. The van der Waals surface area contributed by atoms with Gasteiger partial charge >= 0.3 is 0 Å². The Morgan fingerprint density at radius 1 is 1.08 bits per heavy atom. The van der Waals surface area contributed by atoms with Gasteiger partial charge < -0.3 is 5.32 Å². The van der Waals surface area contributed by atoms with Gasteiger partial charge in [-0.05, 0) is 57.0 Å². The van der Waals surface area contributed by atoms with Crippen LogP contribution in [0.25, 0.3) is 0 Å². The quantitative estimate of drug-likeness (QED) is 0.917. The molecule has 3 heteroatoms. The molecule has 1 aliphatic heterocycles. The maximum absolute atomic E-state index is 12.5. The van der Waals surface area contributed by atoms with E-state index in [0.717, 1.165) is 43.7 Å². The number of anilines is 1. The number of nitrogens with one attached hydrogen (secondary N) is 1. The first-order chi connectivity index (χ1) is 11.6. The molecule has 0 aliphatic carbocycles. The normalized spacial score (nSPS) is 16.1. The predicted molar refractivity (Wildman–Crippen MR) is 99.0 cm³/mol. The first kappa shape index (κ1) is 16.7. The molecular formula is C21H26N2O. The third kappa shape index (κ3) is 4.24. The summed E-state index contributed by atoms with van der Waals surface area (Å²) in [6.45, 7) is 7.11. The number of benzene rings is 2. The zero-order chi connectivity index (χ0) is 16.9. The van der Waals surface area contributed by atoms with Crippen LogP contribution in [0.2, 0.25) is 0 Å². The van der Waals surface area contributed by atoms with Gasteiger partial charge in [-0.3, -0.25) is 9.69 Å². The highest BCUT2D eigenvalue weighted by molar-refractivity contribution is 5.93. The minimum absolute atomic E-state index is 0.123. The molecule has 126 valence electrons.